The molecule has 2 unspecified atom stereocenters. The predicted octanol–water partition coefficient (Wildman–Crippen LogP) is 1.84. The molecule has 0 bridgehead atoms. The molecule has 0 saturated heterocycles. The molecule has 5 heteroatoms. The lowest BCUT2D eigenvalue weighted by Gasteiger charge is -2.09. The number of oxime groups is 1. The molecule has 84 valence electrons. The number of hydrogen-bond donors (Lipinski definition) is 0. The van der Waals surface area contributed by atoms with E-state index < -0.39 is 12.1 Å². The van der Waals surface area contributed by atoms with Crippen LogP contribution in [0.25, 0.3) is 0 Å². The van der Waals surface area contributed by atoms with Gasteiger partial charge in [-0.25, -0.2) is 0 Å². The first-order chi connectivity index (χ1) is 7.74. The maximum Gasteiger partial charge on any atom is 0.297 e. The highest BCUT2D eigenvalue weighted by atomic mass is 16.7. The van der Waals surface area contributed by atoms with E-state index >= 15 is 0 Å². The Morgan fingerprint density at radius 3 is 2.69 bits per heavy atom. The lowest BCUT2D eigenvalue weighted by atomic mass is 9.99. The maximum atomic E-state index is 11.0. The summed E-state index contributed by atoms with van der Waals surface area (Å²) in [6.45, 7) is 1.85. The Hall–Kier alpha value is -1.91. The maximum absolute atomic E-state index is 11.0. The van der Waals surface area contributed by atoms with Gasteiger partial charge in [-0.1, -0.05) is 42.4 Å². The number of rotatable bonds is 3. The summed E-state index contributed by atoms with van der Waals surface area (Å²) in [6, 6.07) is 8.26. The Kier molecular flexibility index (Phi) is 2.85. The third-order valence-corrected chi connectivity index (χ3v) is 2.62. The molecule has 0 aromatic heterocycles. The highest BCUT2D eigenvalue weighted by Gasteiger charge is 2.43. The number of nitrogens with zero attached hydrogens (tertiary/aromatic N) is 2. The third-order valence-electron chi connectivity index (χ3n) is 2.62. The standard InChI is InChI=1S/C11H12N2O3/c1-2-9-11(13(14)15)10(12-16-9)8-6-4-3-5-7-8/h3-7,9,11H,2H2,1H3. The predicted molar refractivity (Wildman–Crippen MR) is 58.9 cm³/mol. The normalized spacial score (nSPS) is 23.7. The summed E-state index contributed by atoms with van der Waals surface area (Å²) in [6.07, 6.45) is 0.121. The smallest absolute Gasteiger partial charge is 0.297 e. The second-order valence-electron chi connectivity index (χ2n) is 3.62. The largest absolute Gasteiger partial charge is 0.384 e. The molecule has 16 heavy (non-hydrogen) atoms. The Bertz CT molecular complexity index is 416. The zero-order valence-electron chi connectivity index (χ0n) is 8.87. The average Bonchev–Trinajstić information content (AvgIpc) is 2.73. The summed E-state index contributed by atoms with van der Waals surface area (Å²) < 4.78 is 0. The molecule has 2 rings (SSSR count). The molecule has 0 saturated carbocycles. The second kappa shape index (κ2) is 4.30. The number of hydrogen-bond acceptors (Lipinski definition) is 4. The van der Waals surface area contributed by atoms with Gasteiger partial charge in [0, 0.05) is 10.5 Å². The van der Waals surface area contributed by atoms with Crippen molar-refractivity contribution in [2.24, 2.45) is 5.16 Å². The van der Waals surface area contributed by atoms with Crippen LogP contribution in [-0.4, -0.2) is 22.8 Å². The van der Waals surface area contributed by atoms with E-state index in [0.29, 0.717) is 12.1 Å². The summed E-state index contributed by atoms with van der Waals surface area (Å²) in [4.78, 5) is 15.8. The Balaban J connectivity index is 2.32. The number of benzene rings is 1. The van der Waals surface area contributed by atoms with Crippen LogP contribution in [0.5, 0.6) is 0 Å². The molecule has 2 atom stereocenters. The van der Waals surface area contributed by atoms with E-state index in [-0.39, 0.29) is 4.92 Å². The van der Waals surface area contributed by atoms with Crippen LogP contribution >= 0.6 is 0 Å². The lowest BCUT2D eigenvalue weighted by Crippen LogP contribution is -2.36. The van der Waals surface area contributed by atoms with Crippen molar-refractivity contribution in [3.63, 3.8) is 0 Å². The van der Waals surface area contributed by atoms with Crippen LogP contribution in [0.2, 0.25) is 0 Å². The van der Waals surface area contributed by atoms with Crippen LogP contribution < -0.4 is 0 Å². The van der Waals surface area contributed by atoms with Gasteiger partial charge in [-0.3, -0.25) is 10.1 Å². The van der Waals surface area contributed by atoms with Gasteiger partial charge in [0.05, 0.1) is 0 Å². The average molecular weight is 220 g/mol. The molecule has 0 aliphatic carbocycles. The zero-order valence-corrected chi connectivity index (χ0v) is 8.87. The van der Waals surface area contributed by atoms with Gasteiger partial charge in [-0.15, -0.1) is 0 Å². The summed E-state index contributed by atoms with van der Waals surface area (Å²) in [5.74, 6) is 0. The van der Waals surface area contributed by atoms with Gasteiger partial charge in [-0.2, -0.15) is 0 Å². The summed E-state index contributed by atoms with van der Waals surface area (Å²) >= 11 is 0. The quantitative estimate of drug-likeness (QED) is 0.576. The fraction of sp³-hybridized carbons (Fsp3) is 0.364. The van der Waals surface area contributed by atoms with Crippen LogP contribution in [0, 0.1) is 10.1 Å². The molecule has 1 aliphatic rings. The van der Waals surface area contributed by atoms with Gasteiger partial charge in [0.25, 0.3) is 6.04 Å². The second-order valence-corrected chi connectivity index (χ2v) is 3.62. The van der Waals surface area contributed by atoms with E-state index in [1.165, 1.54) is 0 Å². The van der Waals surface area contributed by atoms with Gasteiger partial charge in [0.2, 0.25) is 0 Å². The molecule has 1 aromatic rings. The zero-order chi connectivity index (χ0) is 11.5. The lowest BCUT2D eigenvalue weighted by molar-refractivity contribution is -0.511. The molecule has 0 fully saturated rings. The topological polar surface area (TPSA) is 64.7 Å². The van der Waals surface area contributed by atoms with Gasteiger partial charge in [-0.05, 0) is 6.42 Å². The van der Waals surface area contributed by atoms with Crippen molar-refractivity contribution in [2.75, 3.05) is 0 Å². The van der Waals surface area contributed by atoms with Crippen molar-refractivity contribution in [1.29, 1.82) is 0 Å². The molecule has 5 nitrogen and oxygen atoms in total. The van der Waals surface area contributed by atoms with Gasteiger partial charge >= 0.3 is 0 Å². The van der Waals surface area contributed by atoms with E-state index in [0.717, 1.165) is 5.56 Å². The summed E-state index contributed by atoms with van der Waals surface area (Å²) in [5.41, 5.74) is 1.16. The highest BCUT2D eigenvalue weighted by Crippen LogP contribution is 2.21. The van der Waals surface area contributed by atoms with Gasteiger partial charge in [0.1, 0.15) is 0 Å². The van der Waals surface area contributed by atoms with Crippen LogP contribution in [0.3, 0.4) is 0 Å². The van der Waals surface area contributed by atoms with Crippen molar-refractivity contribution in [3.05, 3.63) is 46.0 Å². The molecular formula is C11H12N2O3. The van der Waals surface area contributed by atoms with Crippen LogP contribution in [-0.2, 0) is 4.84 Å². The molecule has 1 aliphatic heterocycles. The Morgan fingerprint density at radius 1 is 1.44 bits per heavy atom. The molecule has 0 amide bonds. The van der Waals surface area contributed by atoms with Gasteiger partial charge in [0.15, 0.2) is 11.8 Å². The fourth-order valence-corrected chi connectivity index (χ4v) is 1.78. The van der Waals surface area contributed by atoms with Crippen molar-refractivity contribution in [3.8, 4) is 0 Å². The van der Waals surface area contributed by atoms with E-state index in [9.17, 15) is 10.1 Å². The van der Waals surface area contributed by atoms with E-state index in [4.69, 9.17) is 4.84 Å². The first kappa shape index (κ1) is 10.6. The first-order valence-corrected chi connectivity index (χ1v) is 5.16. The Morgan fingerprint density at radius 2 is 2.12 bits per heavy atom. The molecule has 0 radical (unpaired) electrons. The minimum Gasteiger partial charge on any atom is -0.384 e. The minimum absolute atomic E-state index is 0.326. The van der Waals surface area contributed by atoms with Crippen LogP contribution in [0.4, 0.5) is 0 Å². The van der Waals surface area contributed by atoms with E-state index in [1.54, 1.807) is 12.1 Å². The molecule has 0 spiro atoms. The molecule has 1 heterocycles. The van der Waals surface area contributed by atoms with Crippen molar-refractivity contribution in [2.45, 2.75) is 25.5 Å². The van der Waals surface area contributed by atoms with Gasteiger partial charge < -0.3 is 4.84 Å². The van der Waals surface area contributed by atoms with Crippen molar-refractivity contribution in [1.82, 2.24) is 0 Å². The Labute approximate surface area is 92.9 Å². The monoisotopic (exact) mass is 220 g/mol. The molecule has 1 aromatic carbocycles. The van der Waals surface area contributed by atoms with E-state index in [1.807, 2.05) is 25.1 Å². The first-order valence-electron chi connectivity index (χ1n) is 5.16. The van der Waals surface area contributed by atoms with Crippen LogP contribution in [0.15, 0.2) is 35.5 Å². The minimum atomic E-state index is -0.854. The number of nitro groups is 1. The SMILES string of the molecule is CCC1ON=C(c2ccccc2)C1[N+](=O)[O-]. The van der Waals surface area contributed by atoms with E-state index in [2.05, 4.69) is 5.16 Å². The highest BCUT2D eigenvalue weighted by molar-refractivity contribution is 6.04. The summed E-state index contributed by atoms with van der Waals surface area (Å²) in [5, 5.41) is 14.8. The van der Waals surface area contributed by atoms with Crippen LogP contribution in [0.1, 0.15) is 18.9 Å². The van der Waals surface area contributed by atoms with Crippen molar-refractivity contribution >= 4 is 5.71 Å². The fourth-order valence-electron chi connectivity index (χ4n) is 1.78. The molecule has 0 N–H and O–H groups in total. The third kappa shape index (κ3) is 1.76. The molecular weight excluding hydrogens is 208 g/mol. The summed E-state index contributed by atoms with van der Waals surface area (Å²) in [7, 11) is 0. The van der Waals surface area contributed by atoms with Crippen molar-refractivity contribution < 1.29 is 9.76 Å².